The normalized spacial score (nSPS) is 16.2. The molecule has 0 aromatic carbocycles. The minimum Gasteiger partial charge on any atom is -0.371 e. The summed E-state index contributed by atoms with van der Waals surface area (Å²) in [6.07, 6.45) is 7.96. The highest BCUT2D eigenvalue weighted by Crippen LogP contribution is 2.23. The van der Waals surface area contributed by atoms with E-state index >= 15 is 0 Å². The first-order chi connectivity index (χ1) is 7.77. The van der Waals surface area contributed by atoms with Crippen molar-refractivity contribution in [2.45, 2.75) is 32.6 Å². The van der Waals surface area contributed by atoms with E-state index in [9.17, 15) is 4.79 Å². The van der Waals surface area contributed by atoms with Gasteiger partial charge >= 0.3 is 0 Å². The first kappa shape index (κ1) is 11.1. The molecule has 1 saturated heterocycles. The van der Waals surface area contributed by atoms with Crippen molar-refractivity contribution in [2.75, 3.05) is 18.0 Å². The van der Waals surface area contributed by atoms with Gasteiger partial charge in [-0.15, -0.1) is 0 Å². The fourth-order valence-corrected chi connectivity index (χ4v) is 2.27. The lowest BCUT2D eigenvalue weighted by Crippen LogP contribution is -2.30. The highest BCUT2D eigenvalue weighted by molar-refractivity contribution is 5.80. The number of carbonyl (C=O) groups excluding carboxylic acids is 1. The molecule has 1 aliphatic heterocycles. The number of pyridine rings is 1. The number of nitrogens with zero attached hydrogens (tertiary/aromatic N) is 2. The minimum absolute atomic E-state index is 0.200. The van der Waals surface area contributed by atoms with Gasteiger partial charge in [0.1, 0.15) is 5.78 Å². The Morgan fingerprint density at radius 3 is 2.81 bits per heavy atom. The van der Waals surface area contributed by atoms with Gasteiger partial charge in [-0.05, 0) is 32.3 Å². The van der Waals surface area contributed by atoms with Crippen molar-refractivity contribution in [2.24, 2.45) is 0 Å². The quantitative estimate of drug-likeness (QED) is 0.779. The molecule has 1 aromatic heterocycles. The fourth-order valence-electron chi connectivity index (χ4n) is 2.27. The molecule has 3 heteroatoms. The van der Waals surface area contributed by atoms with Crippen LogP contribution in [0.15, 0.2) is 18.5 Å². The van der Waals surface area contributed by atoms with Crippen LogP contribution in [0, 0.1) is 0 Å². The molecule has 0 aliphatic carbocycles. The number of carbonyl (C=O) groups is 1. The van der Waals surface area contributed by atoms with E-state index in [1.165, 1.54) is 24.9 Å². The van der Waals surface area contributed by atoms with Crippen LogP contribution in [0.4, 0.5) is 5.69 Å². The second-order valence-corrected chi connectivity index (χ2v) is 4.43. The molecule has 0 unspecified atom stereocenters. The lowest BCUT2D eigenvalue weighted by atomic mass is 10.1. The Bertz CT molecular complexity index is 370. The molecule has 0 N–H and O–H groups in total. The topological polar surface area (TPSA) is 33.2 Å². The molecular weight excluding hydrogens is 200 g/mol. The van der Waals surface area contributed by atoms with Gasteiger partial charge in [0.05, 0.1) is 0 Å². The second kappa shape index (κ2) is 5.10. The van der Waals surface area contributed by atoms with Gasteiger partial charge < -0.3 is 4.90 Å². The van der Waals surface area contributed by atoms with Crippen LogP contribution in [-0.2, 0) is 11.2 Å². The molecule has 1 aromatic rings. The van der Waals surface area contributed by atoms with Crippen molar-refractivity contribution in [1.29, 1.82) is 0 Å². The van der Waals surface area contributed by atoms with Crippen LogP contribution in [0.3, 0.4) is 0 Å². The Morgan fingerprint density at radius 2 is 2.12 bits per heavy atom. The highest BCUT2D eigenvalue weighted by Gasteiger charge is 2.14. The fraction of sp³-hybridized carbons (Fsp3) is 0.538. The first-order valence-electron chi connectivity index (χ1n) is 5.94. The van der Waals surface area contributed by atoms with E-state index in [0.29, 0.717) is 6.42 Å². The summed E-state index contributed by atoms with van der Waals surface area (Å²) in [5.74, 6) is 0.200. The SMILES string of the molecule is CC(=O)Cc1cnccc1N1CCCCC1. The van der Waals surface area contributed by atoms with Crippen molar-refractivity contribution >= 4 is 11.5 Å². The summed E-state index contributed by atoms with van der Waals surface area (Å²) in [4.78, 5) is 17.7. The zero-order chi connectivity index (χ0) is 11.4. The molecule has 0 spiro atoms. The number of Topliss-reactive ketones (excluding diaryl/α,β-unsaturated/α-hetero) is 1. The smallest absolute Gasteiger partial charge is 0.134 e. The lowest BCUT2D eigenvalue weighted by molar-refractivity contribution is -0.116. The Hall–Kier alpha value is -1.38. The van der Waals surface area contributed by atoms with Gasteiger partial charge in [0.15, 0.2) is 0 Å². The zero-order valence-corrected chi connectivity index (χ0v) is 9.78. The number of hydrogen-bond donors (Lipinski definition) is 0. The maximum Gasteiger partial charge on any atom is 0.134 e. The highest BCUT2D eigenvalue weighted by atomic mass is 16.1. The number of aromatic nitrogens is 1. The Balaban J connectivity index is 2.20. The predicted molar refractivity (Wildman–Crippen MR) is 64.7 cm³/mol. The maximum atomic E-state index is 11.2. The number of hydrogen-bond acceptors (Lipinski definition) is 3. The van der Waals surface area contributed by atoms with Gasteiger partial charge in [-0.25, -0.2) is 0 Å². The number of ketones is 1. The van der Waals surface area contributed by atoms with Gasteiger partial charge in [0, 0.05) is 43.2 Å². The summed E-state index contributed by atoms with van der Waals surface area (Å²) in [6, 6.07) is 2.03. The number of anilines is 1. The number of piperidine rings is 1. The molecule has 2 heterocycles. The molecule has 0 amide bonds. The third kappa shape index (κ3) is 2.60. The van der Waals surface area contributed by atoms with Crippen molar-refractivity contribution in [3.8, 4) is 0 Å². The summed E-state index contributed by atoms with van der Waals surface area (Å²) in [6.45, 7) is 3.84. The molecule has 2 rings (SSSR count). The molecule has 0 saturated carbocycles. The van der Waals surface area contributed by atoms with Crippen molar-refractivity contribution in [3.05, 3.63) is 24.0 Å². The molecule has 3 nitrogen and oxygen atoms in total. The summed E-state index contributed by atoms with van der Waals surface area (Å²) >= 11 is 0. The molecule has 0 atom stereocenters. The third-order valence-corrected chi connectivity index (χ3v) is 3.01. The minimum atomic E-state index is 0.200. The zero-order valence-electron chi connectivity index (χ0n) is 9.78. The lowest BCUT2D eigenvalue weighted by Gasteiger charge is -2.30. The van der Waals surface area contributed by atoms with E-state index in [1.54, 1.807) is 6.92 Å². The van der Waals surface area contributed by atoms with Crippen LogP contribution in [-0.4, -0.2) is 23.9 Å². The average molecular weight is 218 g/mol. The largest absolute Gasteiger partial charge is 0.371 e. The van der Waals surface area contributed by atoms with E-state index in [-0.39, 0.29) is 5.78 Å². The standard InChI is InChI=1S/C13H18N2O/c1-11(16)9-12-10-14-6-5-13(12)15-7-3-2-4-8-15/h5-6,10H,2-4,7-9H2,1H3. The van der Waals surface area contributed by atoms with Crippen LogP contribution in [0.25, 0.3) is 0 Å². The van der Waals surface area contributed by atoms with Crippen LogP contribution < -0.4 is 4.90 Å². The van der Waals surface area contributed by atoms with Crippen LogP contribution in [0.5, 0.6) is 0 Å². The van der Waals surface area contributed by atoms with Crippen LogP contribution >= 0.6 is 0 Å². The summed E-state index contributed by atoms with van der Waals surface area (Å²) < 4.78 is 0. The Morgan fingerprint density at radius 1 is 1.38 bits per heavy atom. The van der Waals surface area contributed by atoms with E-state index in [4.69, 9.17) is 0 Å². The third-order valence-electron chi connectivity index (χ3n) is 3.01. The number of rotatable bonds is 3. The molecule has 0 bridgehead atoms. The molecule has 86 valence electrons. The van der Waals surface area contributed by atoms with Crippen molar-refractivity contribution in [1.82, 2.24) is 4.98 Å². The Kier molecular flexibility index (Phi) is 3.54. The van der Waals surface area contributed by atoms with Gasteiger partial charge in [0.25, 0.3) is 0 Å². The van der Waals surface area contributed by atoms with Gasteiger partial charge in [-0.2, -0.15) is 0 Å². The van der Waals surface area contributed by atoms with Gasteiger partial charge in [-0.1, -0.05) is 0 Å². The Labute approximate surface area is 96.5 Å². The predicted octanol–water partition coefficient (Wildman–Crippen LogP) is 2.20. The summed E-state index contributed by atoms with van der Waals surface area (Å²) in [7, 11) is 0. The second-order valence-electron chi connectivity index (χ2n) is 4.43. The molecule has 1 aliphatic rings. The van der Waals surface area contributed by atoms with Crippen LogP contribution in [0.2, 0.25) is 0 Å². The van der Waals surface area contributed by atoms with E-state index in [2.05, 4.69) is 9.88 Å². The maximum absolute atomic E-state index is 11.2. The van der Waals surface area contributed by atoms with Gasteiger partial charge in [0.2, 0.25) is 0 Å². The average Bonchev–Trinajstić information content (AvgIpc) is 2.30. The van der Waals surface area contributed by atoms with E-state index < -0.39 is 0 Å². The molecular formula is C13H18N2O. The van der Waals surface area contributed by atoms with E-state index in [1.807, 2.05) is 18.5 Å². The van der Waals surface area contributed by atoms with Crippen LogP contribution in [0.1, 0.15) is 31.7 Å². The van der Waals surface area contributed by atoms with E-state index in [0.717, 1.165) is 18.7 Å². The van der Waals surface area contributed by atoms with Crippen molar-refractivity contribution < 1.29 is 4.79 Å². The summed E-state index contributed by atoms with van der Waals surface area (Å²) in [5, 5.41) is 0. The summed E-state index contributed by atoms with van der Waals surface area (Å²) in [5.41, 5.74) is 2.27. The first-order valence-corrected chi connectivity index (χ1v) is 5.94. The van der Waals surface area contributed by atoms with Gasteiger partial charge in [-0.3, -0.25) is 9.78 Å². The molecule has 1 fully saturated rings. The monoisotopic (exact) mass is 218 g/mol. The van der Waals surface area contributed by atoms with Crippen molar-refractivity contribution in [3.63, 3.8) is 0 Å². The molecule has 0 radical (unpaired) electrons. The molecule has 16 heavy (non-hydrogen) atoms.